The molecule has 0 saturated heterocycles. The van der Waals surface area contributed by atoms with E-state index in [1.165, 1.54) is 0 Å². The van der Waals surface area contributed by atoms with Crippen molar-refractivity contribution in [3.8, 4) is 0 Å². The Bertz CT molecular complexity index is 257. The van der Waals surface area contributed by atoms with Crippen molar-refractivity contribution in [3.63, 3.8) is 0 Å². The molecule has 0 spiro atoms. The van der Waals surface area contributed by atoms with Gasteiger partial charge >= 0.3 is 0 Å². The molecule has 0 aliphatic heterocycles. The molecule has 18 heavy (non-hydrogen) atoms. The molecule has 1 unspecified atom stereocenters. The van der Waals surface area contributed by atoms with E-state index in [4.69, 9.17) is 15.2 Å². The van der Waals surface area contributed by atoms with Crippen molar-refractivity contribution >= 4 is 5.91 Å². The highest BCUT2D eigenvalue weighted by atomic mass is 16.5. The molecule has 0 aromatic heterocycles. The van der Waals surface area contributed by atoms with Crippen molar-refractivity contribution in [2.24, 2.45) is 11.7 Å². The minimum absolute atomic E-state index is 0.320. The van der Waals surface area contributed by atoms with Gasteiger partial charge in [-0.3, -0.25) is 4.79 Å². The molecule has 1 aliphatic carbocycles. The first-order valence-corrected chi connectivity index (χ1v) is 6.81. The van der Waals surface area contributed by atoms with Crippen LogP contribution in [0.2, 0.25) is 0 Å². The summed E-state index contributed by atoms with van der Waals surface area (Å²) in [6.45, 7) is 4.32. The monoisotopic (exact) mass is 258 g/mol. The number of rotatable bonds is 11. The fraction of sp³-hybridized carbons (Fsp3) is 0.923. The average Bonchev–Trinajstić information content (AvgIpc) is 3.17. The van der Waals surface area contributed by atoms with Gasteiger partial charge in [-0.2, -0.15) is 0 Å². The quantitative estimate of drug-likeness (QED) is 0.534. The van der Waals surface area contributed by atoms with Gasteiger partial charge in [-0.15, -0.1) is 0 Å². The molecule has 1 atom stereocenters. The molecule has 0 radical (unpaired) electrons. The zero-order chi connectivity index (χ0) is 13.4. The number of carbonyl (C=O) groups is 1. The number of unbranched alkanes of at least 4 members (excludes halogenated alkanes) is 1. The summed E-state index contributed by atoms with van der Waals surface area (Å²) in [5.41, 5.74) is 4.80. The van der Waals surface area contributed by atoms with E-state index in [0.29, 0.717) is 25.7 Å². The summed E-state index contributed by atoms with van der Waals surface area (Å²) in [7, 11) is 1.77. The fourth-order valence-corrected chi connectivity index (χ4v) is 2.07. The molecule has 1 aliphatic rings. The largest absolute Gasteiger partial charge is 0.379 e. The van der Waals surface area contributed by atoms with Crippen molar-refractivity contribution in [1.82, 2.24) is 5.32 Å². The van der Waals surface area contributed by atoms with E-state index in [9.17, 15) is 4.79 Å². The van der Waals surface area contributed by atoms with Crippen LogP contribution < -0.4 is 11.1 Å². The van der Waals surface area contributed by atoms with E-state index in [1.807, 2.05) is 0 Å². The third-order valence-corrected chi connectivity index (χ3v) is 3.50. The summed E-state index contributed by atoms with van der Waals surface area (Å²) < 4.78 is 10.9. The molecule has 1 saturated carbocycles. The van der Waals surface area contributed by atoms with Gasteiger partial charge in [0.25, 0.3) is 0 Å². The molecule has 5 nitrogen and oxygen atoms in total. The number of likely N-dealkylation sites (N-methyl/N-ethyl adjacent to an activating group) is 1. The summed E-state index contributed by atoms with van der Waals surface area (Å²) in [6, 6.07) is 0. The van der Waals surface area contributed by atoms with Gasteiger partial charge < -0.3 is 20.5 Å². The zero-order valence-electron chi connectivity index (χ0n) is 11.5. The van der Waals surface area contributed by atoms with Crippen LogP contribution in [0.4, 0.5) is 0 Å². The van der Waals surface area contributed by atoms with Gasteiger partial charge in [0.05, 0.1) is 19.8 Å². The average molecular weight is 258 g/mol. The number of primary amides is 1. The van der Waals surface area contributed by atoms with Gasteiger partial charge in [0.15, 0.2) is 0 Å². The van der Waals surface area contributed by atoms with Crippen LogP contribution in [0.5, 0.6) is 0 Å². The minimum Gasteiger partial charge on any atom is -0.379 e. The van der Waals surface area contributed by atoms with Gasteiger partial charge in [0.1, 0.15) is 5.54 Å². The van der Waals surface area contributed by atoms with E-state index in [-0.39, 0.29) is 5.91 Å². The van der Waals surface area contributed by atoms with Crippen LogP contribution in [-0.4, -0.2) is 44.9 Å². The first-order valence-electron chi connectivity index (χ1n) is 6.81. The highest BCUT2D eigenvalue weighted by Crippen LogP contribution is 2.39. The summed E-state index contributed by atoms with van der Waals surface area (Å²) in [4.78, 5) is 11.6. The van der Waals surface area contributed by atoms with Crippen LogP contribution in [0, 0.1) is 5.92 Å². The van der Waals surface area contributed by atoms with Crippen LogP contribution in [-0.2, 0) is 14.3 Å². The first-order chi connectivity index (χ1) is 8.67. The maximum absolute atomic E-state index is 11.6. The molecule has 106 valence electrons. The Hall–Kier alpha value is -0.650. The van der Waals surface area contributed by atoms with E-state index >= 15 is 0 Å². The Balaban J connectivity index is 2.20. The summed E-state index contributed by atoms with van der Waals surface area (Å²) >= 11 is 0. The Labute approximate surface area is 109 Å². The molecule has 0 aromatic carbocycles. The number of amides is 1. The third kappa shape index (κ3) is 4.23. The molecule has 1 rings (SSSR count). The van der Waals surface area contributed by atoms with Crippen LogP contribution in [0.25, 0.3) is 0 Å². The van der Waals surface area contributed by atoms with Crippen molar-refractivity contribution in [3.05, 3.63) is 0 Å². The fourth-order valence-electron chi connectivity index (χ4n) is 2.07. The molecule has 1 fully saturated rings. The lowest BCUT2D eigenvalue weighted by Gasteiger charge is -2.30. The Kier molecular flexibility index (Phi) is 6.60. The number of nitrogens with two attached hydrogens (primary N) is 1. The molecule has 3 N–H and O–H groups in total. The van der Waals surface area contributed by atoms with Gasteiger partial charge in [-0.1, -0.05) is 13.3 Å². The summed E-state index contributed by atoms with van der Waals surface area (Å²) in [5, 5.41) is 3.05. The standard InChI is InChI=1S/C13H26N2O3/c1-3-4-7-17-8-9-18-10-13(15-2,12(14)16)11-5-6-11/h11,15H,3-10H2,1-2H3,(H2,14,16). The Morgan fingerprint density at radius 3 is 2.50 bits per heavy atom. The van der Waals surface area contributed by atoms with Crippen LogP contribution >= 0.6 is 0 Å². The summed E-state index contributed by atoms with van der Waals surface area (Å²) in [5.74, 6) is 0.000381. The van der Waals surface area contributed by atoms with Gasteiger partial charge in [0, 0.05) is 6.61 Å². The SMILES string of the molecule is CCCCOCCOCC(NC)(C(N)=O)C1CC1. The predicted molar refractivity (Wildman–Crippen MR) is 70.3 cm³/mol. The van der Waals surface area contributed by atoms with Crippen LogP contribution in [0.1, 0.15) is 32.6 Å². The second-order valence-corrected chi connectivity index (χ2v) is 4.88. The lowest BCUT2D eigenvalue weighted by atomic mass is 9.93. The first kappa shape index (κ1) is 15.4. The van der Waals surface area contributed by atoms with E-state index < -0.39 is 5.54 Å². The Morgan fingerprint density at radius 2 is 2.00 bits per heavy atom. The summed E-state index contributed by atoms with van der Waals surface area (Å²) in [6.07, 6.45) is 4.29. The van der Waals surface area contributed by atoms with E-state index in [2.05, 4.69) is 12.2 Å². The molecular weight excluding hydrogens is 232 g/mol. The van der Waals surface area contributed by atoms with Gasteiger partial charge in [0.2, 0.25) is 5.91 Å². The number of carbonyl (C=O) groups excluding carboxylic acids is 1. The van der Waals surface area contributed by atoms with E-state index in [1.54, 1.807) is 7.05 Å². The van der Waals surface area contributed by atoms with Gasteiger partial charge in [-0.05, 0) is 32.2 Å². The smallest absolute Gasteiger partial charge is 0.240 e. The topological polar surface area (TPSA) is 73.6 Å². The van der Waals surface area contributed by atoms with Crippen molar-refractivity contribution < 1.29 is 14.3 Å². The minimum atomic E-state index is -0.691. The molecule has 5 heteroatoms. The number of hydrogen-bond acceptors (Lipinski definition) is 4. The Morgan fingerprint density at radius 1 is 1.33 bits per heavy atom. The maximum atomic E-state index is 11.6. The molecule has 0 bridgehead atoms. The lowest BCUT2D eigenvalue weighted by Crippen LogP contribution is -2.59. The van der Waals surface area contributed by atoms with Crippen LogP contribution in [0.3, 0.4) is 0 Å². The number of nitrogens with one attached hydrogen (secondary N) is 1. The number of ether oxygens (including phenoxy) is 2. The zero-order valence-corrected chi connectivity index (χ0v) is 11.5. The molecule has 1 amide bonds. The van der Waals surface area contributed by atoms with Crippen molar-refractivity contribution in [2.45, 2.75) is 38.1 Å². The van der Waals surface area contributed by atoms with Crippen molar-refractivity contribution in [1.29, 1.82) is 0 Å². The van der Waals surface area contributed by atoms with E-state index in [0.717, 1.165) is 32.3 Å². The molecule has 0 heterocycles. The van der Waals surface area contributed by atoms with Crippen LogP contribution in [0.15, 0.2) is 0 Å². The molecule has 0 aromatic rings. The predicted octanol–water partition coefficient (Wildman–Crippen LogP) is 0.673. The highest BCUT2D eigenvalue weighted by molar-refractivity contribution is 5.85. The second kappa shape index (κ2) is 7.71. The third-order valence-electron chi connectivity index (χ3n) is 3.50. The lowest BCUT2D eigenvalue weighted by molar-refractivity contribution is -0.128. The second-order valence-electron chi connectivity index (χ2n) is 4.88. The normalized spacial score (nSPS) is 18.6. The highest BCUT2D eigenvalue weighted by Gasteiger charge is 2.49. The van der Waals surface area contributed by atoms with Crippen molar-refractivity contribution in [2.75, 3.05) is 33.5 Å². The van der Waals surface area contributed by atoms with Gasteiger partial charge in [-0.25, -0.2) is 0 Å². The number of hydrogen-bond donors (Lipinski definition) is 2. The molecular formula is C13H26N2O3. The maximum Gasteiger partial charge on any atom is 0.240 e.